The third-order valence-electron chi connectivity index (χ3n) is 6.21. The van der Waals surface area contributed by atoms with Crippen LogP contribution < -0.4 is 0 Å². The summed E-state index contributed by atoms with van der Waals surface area (Å²) in [6.45, 7) is 7.80. The van der Waals surface area contributed by atoms with Crippen LogP contribution in [0.4, 0.5) is 0 Å². The maximum atomic E-state index is 12.8. The van der Waals surface area contributed by atoms with Gasteiger partial charge in [-0.25, -0.2) is 0 Å². The maximum Gasteiger partial charge on any atom is 0.148 e. The molecule has 4 rings (SSSR count). The number of carbonyl (C=O) groups excluding carboxylic acids is 1. The molecule has 2 nitrogen and oxygen atoms in total. The lowest BCUT2D eigenvalue weighted by Gasteiger charge is -2.56. The van der Waals surface area contributed by atoms with Crippen LogP contribution in [0.2, 0.25) is 0 Å². The zero-order valence-electron chi connectivity index (χ0n) is 14.6. The van der Waals surface area contributed by atoms with Crippen LogP contribution in [0.3, 0.4) is 0 Å². The number of hydrogen-bond acceptors (Lipinski definition) is 2. The highest BCUT2D eigenvalue weighted by molar-refractivity contribution is 5.94. The third kappa shape index (κ3) is 2.78. The van der Waals surface area contributed by atoms with Gasteiger partial charge < -0.3 is 4.74 Å². The largest absolute Gasteiger partial charge is 0.377 e. The number of allylic oxidation sites excluding steroid dienone is 2. The Balaban J connectivity index is 1.55. The van der Waals surface area contributed by atoms with Gasteiger partial charge in [0.25, 0.3) is 0 Å². The molecule has 0 heterocycles. The summed E-state index contributed by atoms with van der Waals surface area (Å²) in [5, 5.41) is 0. The number of hydrogen-bond donors (Lipinski definition) is 0. The van der Waals surface area contributed by atoms with E-state index in [1.54, 1.807) is 0 Å². The molecule has 1 aromatic carbocycles. The van der Waals surface area contributed by atoms with Crippen LogP contribution in [0.1, 0.15) is 52.0 Å². The fourth-order valence-corrected chi connectivity index (χ4v) is 4.42. The van der Waals surface area contributed by atoms with Crippen LogP contribution >= 0.6 is 0 Å². The molecule has 2 heteroatoms. The van der Waals surface area contributed by atoms with Crippen molar-refractivity contribution in [3.05, 3.63) is 48.0 Å². The molecule has 1 aromatic rings. The normalized spacial score (nSPS) is 31.5. The molecule has 2 unspecified atom stereocenters. The number of carbonyl (C=O) groups is 1. The highest BCUT2D eigenvalue weighted by Gasteiger charge is 2.59. The van der Waals surface area contributed by atoms with E-state index < -0.39 is 0 Å². The van der Waals surface area contributed by atoms with Gasteiger partial charge in [0.2, 0.25) is 0 Å². The number of ketones is 1. The quantitative estimate of drug-likeness (QED) is 0.549. The Bertz CT molecular complexity index is 602. The van der Waals surface area contributed by atoms with Gasteiger partial charge in [0.05, 0.1) is 6.61 Å². The molecule has 0 radical (unpaired) electrons. The summed E-state index contributed by atoms with van der Waals surface area (Å²) in [6.07, 6.45) is 8.68. The van der Waals surface area contributed by atoms with Gasteiger partial charge in [-0.3, -0.25) is 4.79 Å². The smallest absolute Gasteiger partial charge is 0.148 e. The molecule has 2 bridgehead atoms. The Kier molecular flexibility index (Phi) is 4.22. The lowest BCUT2D eigenvalue weighted by atomic mass is 9.46. The van der Waals surface area contributed by atoms with Gasteiger partial charge in [-0.2, -0.15) is 0 Å². The summed E-state index contributed by atoms with van der Waals surface area (Å²) in [7, 11) is 0. The van der Waals surface area contributed by atoms with E-state index in [4.69, 9.17) is 4.74 Å². The molecule has 0 amide bonds. The lowest BCUT2D eigenvalue weighted by Crippen LogP contribution is -2.56. The minimum atomic E-state index is -0.256. The first-order valence-electron chi connectivity index (χ1n) is 8.77. The molecule has 3 aliphatic rings. The molecule has 3 aliphatic carbocycles. The lowest BCUT2D eigenvalue weighted by molar-refractivity contribution is -0.149. The molecule has 0 aliphatic heterocycles. The number of fused-ring (bicyclic) bond motifs is 2. The van der Waals surface area contributed by atoms with Crippen molar-refractivity contribution in [2.75, 3.05) is 6.61 Å². The maximum absolute atomic E-state index is 12.8. The zero-order valence-corrected chi connectivity index (χ0v) is 14.6. The molecule has 0 aromatic heterocycles. The van der Waals surface area contributed by atoms with Gasteiger partial charge in [-0.05, 0) is 38.2 Å². The first-order valence-corrected chi connectivity index (χ1v) is 8.77. The Labute approximate surface area is 139 Å². The Hall–Kier alpha value is -1.41. The Morgan fingerprint density at radius 1 is 1.04 bits per heavy atom. The van der Waals surface area contributed by atoms with Crippen LogP contribution in [-0.2, 0) is 16.1 Å². The predicted octanol–water partition coefficient (Wildman–Crippen LogP) is 4.94. The molecule has 23 heavy (non-hydrogen) atoms. The van der Waals surface area contributed by atoms with E-state index >= 15 is 0 Å². The Morgan fingerprint density at radius 3 is 2.43 bits per heavy atom. The zero-order chi connectivity index (χ0) is 16.6. The van der Waals surface area contributed by atoms with E-state index in [1.165, 1.54) is 5.56 Å². The van der Waals surface area contributed by atoms with E-state index in [0.29, 0.717) is 12.4 Å². The topological polar surface area (TPSA) is 26.3 Å². The van der Waals surface area contributed by atoms with Crippen molar-refractivity contribution in [3.8, 4) is 0 Å². The van der Waals surface area contributed by atoms with Crippen LogP contribution in [0.15, 0.2) is 42.5 Å². The first kappa shape index (κ1) is 16.4. The average molecular weight is 312 g/mol. The molecule has 1 saturated carbocycles. The summed E-state index contributed by atoms with van der Waals surface area (Å²) in [6, 6.07) is 10.3. The second kappa shape index (κ2) is 5.90. The van der Waals surface area contributed by atoms with E-state index in [-0.39, 0.29) is 16.2 Å². The van der Waals surface area contributed by atoms with Crippen molar-refractivity contribution >= 4 is 5.78 Å². The van der Waals surface area contributed by atoms with Crippen molar-refractivity contribution in [3.63, 3.8) is 0 Å². The third-order valence-corrected chi connectivity index (χ3v) is 6.21. The number of benzene rings is 1. The van der Waals surface area contributed by atoms with Crippen LogP contribution in [-0.4, -0.2) is 12.4 Å². The number of Topliss-reactive ketones (excluding diaryl/α,β-unsaturated/α-hetero) is 1. The van der Waals surface area contributed by atoms with Gasteiger partial charge >= 0.3 is 0 Å². The van der Waals surface area contributed by atoms with E-state index in [9.17, 15) is 4.79 Å². The summed E-state index contributed by atoms with van der Waals surface area (Å²) in [5.41, 5.74) is 0.758. The van der Waals surface area contributed by atoms with E-state index in [2.05, 4.69) is 45.1 Å². The average Bonchev–Trinajstić information content (AvgIpc) is 2.55. The van der Waals surface area contributed by atoms with E-state index in [1.807, 2.05) is 18.2 Å². The summed E-state index contributed by atoms with van der Waals surface area (Å²) in [5.74, 6) is 0.420. The van der Waals surface area contributed by atoms with Crippen LogP contribution in [0.25, 0.3) is 0 Å². The van der Waals surface area contributed by atoms with Gasteiger partial charge in [0.15, 0.2) is 0 Å². The van der Waals surface area contributed by atoms with E-state index in [0.717, 1.165) is 32.3 Å². The molecule has 1 fully saturated rings. The molecule has 0 saturated heterocycles. The van der Waals surface area contributed by atoms with Crippen molar-refractivity contribution in [2.45, 2.75) is 53.1 Å². The summed E-state index contributed by atoms with van der Waals surface area (Å²) in [4.78, 5) is 12.8. The van der Waals surface area contributed by atoms with Crippen molar-refractivity contribution in [1.82, 2.24) is 0 Å². The first-order chi connectivity index (χ1) is 10.9. The standard InChI is InChI=1S/C21H28O2/c1-19(2)18(22)20(3)11-13-21(19,14-12-20)10-7-15-23-16-17-8-5-4-6-9-17/h4-6,8-9,11,13H,7,10,12,14-16H2,1-3H3. The second-order valence-corrected chi connectivity index (χ2v) is 8.00. The highest BCUT2D eigenvalue weighted by atomic mass is 16.5. The minimum absolute atomic E-state index is 0.0257. The second-order valence-electron chi connectivity index (χ2n) is 8.00. The van der Waals surface area contributed by atoms with Gasteiger partial charge in [0, 0.05) is 22.9 Å². The fraction of sp³-hybridized carbons (Fsp3) is 0.571. The van der Waals surface area contributed by atoms with Crippen molar-refractivity contribution < 1.29 is 9.53 Å². The van der Waals surface area contributed by atoms with Gasteiger partial charge in [-0.1, -0.05) is 56.3 Å². The van der Waals surface area contributed by atoms with Gasteiger partial charge in [-0.15, -0.1) is 0 Å². The van der Waals surface area contributed by atoms with Crippen molar-refractivity contribution in [1.29, 1.82) is 0 Å². The minimum Gasteiger partial charge on any atom is -0.377 e. The van der Waals surface area contributed by atoms with Crippen LogP contribution in [0.5, 0.6) is 0 Å². The van der Waals surface area contributed by atoms with Crippen molar-refractivity contribution in [2.24, 2.45) is 16.2 Å². The predicted molar refractivity (Wildman–Crippen MR) is 93.0 cm³/mol. The fourth-order valence-electron chi connectivity index (χ4n) is 4.42. The summed E-state index contributed by atoms with van der Waals surface area (Å²) < 4.78 is 5.82. The summed E-state index contributed by atoms with van der Waals surface area (Å²) >= 11 is 0. The molecular weight excluding hydrogens is 284 g/mol. The van der Waals surface area contributed by atoms with Crippen LogP contribution in [0, 0.1) is 16.2 Å². The molecular formula is C21H28O2. The molecule has 0 spiro atoms. The number of ether oxygens (including phenoxy) is 1. The molecule has 124 valence electrons. The SMILES string of the molecule is CC12C=CC(CCCOCc3ccccc3)(CC1)C(C)(C)C2=O. The monoisotopic (exact) mass is 312 g/mol. The van der Waals surface area contributed by atoms with Gasteiger partial charge in [0.1, 0.15) is 5.78 Å². The number of rotatable bonds is 6. The molecule has 2 atom stereocenters. The molecule has 0 N–H and O–H groups in total. The Morgan fingerprint density at radius 2 is 1.78 bits per heavy atom. The highest BCUT2D eigenvalue weighted by Crippen LogP contribution is 2.61.